The Morgan fingerprint density at radius 1 is 0.961 bits per heavy atom. The van der Waals surface area contributed by atoms with E-state index in [-0.39, 0.29) is 49.6 Å². The Kier molecular flexibility index (Phi) is 17.4. The molecule has 0 radical (unpaired) electrons. The van der Waals surface area contributed by atoms with Crippen molar-refractivity contribution >= 4 is 34.2 Å². The number of amides is 3. The van der Waals surface area contributed by atoms with Crippen LogP contribution in [0.2, 0.25) is 0 Å². The molecule has 290 valence electrons. The van der Waals surface area contributed by atoms with E-state index < -0.39 is 18.2 Å². The summed E-state index contributed by atoms with van der Waals surface area (Å²) >= 11 is 1.30. The number of nitrogens with two attached hydrogens (primary N) is 1. The van der Waals surface area contributed by atoms with Crippen molar-refractivity contribution < 1.29 is 29.3 Å². The van der Waals surface area contributed by atoms with Gasteiger partial charge in [0.05, 0.1) is 44.1 Å². The molecule has 2 heterocycles. The van der Waals surface area contributed by atoms with E-state index in [2.05, 4.69) is 9.88 Å². The van der Waals surface area contributed by atoms with E-state index in [0.717, 1.165) is 71.0 Å². The number of ether oxygens (including phenoxy) is 1. The fraction of sp³-hybridized carbons (Fsp3) is 0.842. The van der Waals surface area contributed by atoms with Crippen LogP contribution in [0.3, 0.4) is 0 Å². The van der Waals surface area contributed by atoms with Gasteiger partial charge in [-0.2, -0.15) is 0 Å². The van der Waals surface area contributed by atoms with Crippen molar-refractivity contribution in [2.75, 3.05) is 65.3 Å². The van der Waals surface area contributed by atoms with E-state index in [1.807, 2.05) is 19.2 Å². The summed E-state index contributed by atoms with van der Waals surface area (Å²) in [5.74, 6) is 0.273. The molecule has 3 aliphatic rings. The summed E-state index contributed by atoms with van der Waals surface area (Å²) in [6.45, 7) is 9.11. The highest BCUT2D eigenvalue weighted by molar-refractivity contribution is 7.13. The zero-order valence-corrected chi connectivity index (χ0v) is 32.4. The highest BCUT2D eigenvalue weighted by Crippen LogP contribution is 2.32. The quantitative estimate of drug-likeness (QED) is 0.191. The van der Waals surface area contributed by atoms with E-state index in [1.54, 1.807) is 21.7 Å². The van der Waals surface area contributed by atoms with Crippen LogP contribution >= 0.6 is 11.3 Å². The van der Waals surface area contributed by atoms with Gasteiger partial charge < -0.3 is 35.4 Å². The molecule has 2 aliphatic carbocycles. The number of nitrogen functional groups attached to an aromatic ring is 1. The molecule has 13 heteroatoms. The molecule has 1 saturated heterocycles. The van der Waals surface area contributed by atoms with Crippen LogP contribution < -0.4 is 5.73 Å². The molecule has 3 fully saturated rings. The van der Waals surface area contributed by atoms with Crippen molar-refractivity contribution in [3.8, 4) is 0 Å². The molecule has 1 aliphatic heterocycles. The van der Waals surface area contributed by atoms with Crippen LogP contribution in [0.15, 0.2) is 5.38 Å². The van der Waals surface area contributed by atoms with Gasteiger partial charge in [-0.25, -0.2) is 4.98 Å². The highest BCUT2D eigenvalue weighted by atomic mass is 32.1. The molecule has 12 nitrogen and oxygen atoms in total. The minimum Gasteiger partial charge on any atom is -0.390 e. The van der Waals surface area contributed by atoms with Crippen molar-refractivity contribution in [1.82, 2.24) is 24.6 Å². The third kappa shape index (κ3) is 13.9. The monoisotopic (exact) mass is 734 g/mol. The van der Waals surface area contributed by atoms with Gasteiger partial charge in [0, 0.05) is 58.0 Å². The second-order valence-corrected chi connectivity index (χ2v) is 16.6. The fourth-order valence-electron chi connectivity index (χ4n) is 8.03. The number of rotatable bonds is 19. The summed E-state index contributed by atoms with van der Waals surface area (Å²) in [6, 6.07) is -0.632. The first kappa shape index (κ1) is 41.4. The van der Waals surface area contributed by atoms with Crippen LogP contribution in [-0.4, -0.2) is 130 Å². The van der Waals surface area contributed by atoms with E-state index >= 15 is 0 Å². The number of anilines is 1. The third-order valence-electron chi connectivity index (χ3n) is 11.1. The third-order valence-corrected chi connectivity index (χ3v) is 11.9. The highest BCUT2D eigenvalue weighted by Gasteiger charge is 2.37. The Bertz CT molecular complexity index is 1200. The molecule has 51 heavy (non-hydrogen) atoms. The predicted molar refractivity (Wildman–Crippen MR) is 201 cm³/mol. The molecule has 1 aromatic heterocycles. The van der Waals surface area contributed by atoms with Crippen LogP contribution in [-0.2, 0) is 25.7 Å². The number of aliphatic hydroxyl groups excluding tert-OH is 2. The van der Waals surface area contributed by atoms with Gasteiger partial charge in [-0.1, -0.05) is 65.2 Å². The Hall–Kier alpha value is -2.32. The molecule has 0 aromatic carbocycles. The molecule has 1 aromatic rings. The van der Waals surface area contributed by atoms with Gasteiger partial charge in [0.2, 0.25) is 17.7 Å². The zero-order valence-electron chi connectivity index (χ0n) is 31.6. The van der Waals surface area contributed by atoms with Crippen LogP contribution in [0.5, 0.6) is 0 Å². The maximum Gasteiger partial charge on any atom is 0.241 e. The van der Waals surface area contributed by atoms with Crippen molar-refractivity contribution in [1.29, 1.82) is 0 Å². The molecule has 3 amide bonds. The Labute approximate surface area is 310 Å². The lowest BCUT2D eigenvalue weighted by atomic mass is 9.81. The van der Waals surface area contributed by atoms with Crippen molar-refractivity contribution in [2.24, 2.45) is 17.8 Å². The van der Waals surface area contributed by atoms with Crippen LogP contribution in [0.4, 0.5) is 5.13 Å². The molecule has 0 spiro atoms. The topological polar surface area (TPSA) is 153 Å². The Balaban J connectivity index is 1.48. The summed E-state index contributed by atoms with van der Waals surface area (Å²) in [6.07, 6.45) is 9.76. The molecule has 2 saturated carbocycles. The second-order valence-electron chi connectivity index (χ2n) is 15.7. The number of aliphatic hydroxyl groups is 2. The maximum atomic E-state index is 14.3. The summed E-state index contributed by atoms with van der Waals surface area (Å²) in [5.41, 5.74) is 6.60. The van der Waals surface area contributed by atoms with Crippen LogP contribution in [0, 0.1) is 17.8 Å². The van der Waals surface area contributed by atoms with Gasteiger partial charge in [0.15, 0.2) is 5.13 Å². The van der Waals surface area contributed by atoms with Gasteiger partial charge in [-0.3, -0.25) is 19.3 Å². The summed E-state index contributed by atoms with van der Waals surface area (Å²) in [5, 5.41) is 25.0. The Morgan fingerprint density at radius 3 is 2.20 bits per heavy atom. The molecule has 4 rings (SSSR count). The molecular weight excluding hydrogens is 669 g/mol. The molecular formula is C38H66N6O6S. The number of aromatic nitrogens is 1. The molecule has 0 bridgehead atoms. The number of nitrogens with zero attached hydrogens (tertiary/aromatic N) is 5. The van der Waals surface area contributed by atoms with Gasteiger partial charge in [0.1, 0.15) is 6.10 Å². The molecule has 0 unspecified atom stereocenters. The molecule has 4 N–H and O–H groups in total. The summed E-state index contributed by atoms with van der Waals surface area (Å²) in [7, 11) is 1.80. The lowest BCUT2D eigenvalue weighted by Gasteiger charge is -2.39. The number of likely N-dealkylation sites (N-methyl/N-ethyl adjacent to an activating group) is 1. The fourth-order valence-corrected chi connectivity index (χ4v) is 8.58. The van der Waals surface area contributed by atoms with Crippen molar-refractivity contribution in [3.63, 3.8) is 0 Å². The van der Waals surface area contributed by atoms with E-state index in [0.29, 0.717) is 61.8 Å². The molecule has 3 atom stereocenters. The minimum atomic E-state index is -1.14. The number of hydrogen-bond acceptors (Lipinski definition) is 10. The predicted octanol–water partition coefficient (Wildman–Crippen LogP) is 4.14. The zero-order chi connectivity index (χ0) is 36.8. The van der Waals surface area contributed by atoms with Crippen molar-refractivity contribution in [3.05, 3.63) is 11.1 Å². The van der Waals surface area contributed by atoms with E-state index in [1.165, 1.54) is 24.2 Å². The van der Waals surface area contributed by atoms with Crippen LogP contribution in [0.25, 0.3) is 0 Å². The average molecular weight is 735 g/mol. The number of morpholine rings is 1. The summed E-state index contributed by atoms with van der Waals surface area (Å²) < 4.78 is 5.45. The van der Waals surface area contributed by atoms with Crippen LogP contribution in [0.1, 0.15) is 109 Å². The first-order chi connectivity index (χ1) is 24.5. The van der Waals surface area contributed by atoms with Gasteiger partial charge in [0.25, 0.3) is 0 Å². The minimum absolute atomic E-state index is 0.00460. The lowest BCUT2D eigenvalue weighted by molar-refractivity contribution is -0.145. The Morgan fingerprint density at radius 2 is 1.59 bits per heavy atom. The summed E-state index contributed by atoms with van der Waals surface area (Å²) in [4.78, 5) is 53.5. The van der Waals surface area contributed by atoms with Gasteiger partial charge in [-0.15, -0.1) is 11.3 Å². The van der Waals surface area contributed by atoms with E-state index in [4.69, 9.17) is 10.5 Å². The smallest absolute Gasteiger partial charge is 0.241 e. The maximum absolute atomic E-state index is 14.3. The SMILES string of the molecule is CC(C)C[C@H](O)[C@H](O)[C@H](CC1CCCCC1)N(Cc1csc(N)n1)C(=O)CCC(=O)N(CC(=O)N(C)CCN1CCOCC1)CC1CCCCC1. The lowest BCUT2D eigenvalue weighted by Crippen LogP contribution is -2.52. The van der Waals surface area contributed by atoms with Crippen molar-refractivity contribution in [2.45, 2.75) is 129 Å². The first-order valence-corrected chi connectivity index (χ1v) is 20.5. The van der Waals surface area contributed by atoms with E-state index in [9.17, 15) is 24.6 Å². The van der Waals surface area contributed by atoms with Gasteiger partial charge in [-0.05, 0) is 43.4 Å². The number of carbonyl (C=O) groups excluding carboxylic acids is 3. The second kappa shape index (κ2) is 21.4. The normalized spacial score (nSPS) is 19.8. The average Bonchev–Trinajstić information content (AvgIpc) is 3.55. The number of hydrogen-bond donors (Lipinski definition) is 3. The standard InChI is InChI=1S/C38H66N6O6S/c1-28(2)22-33(45)37(49)32(23-29-10-6-4-7-11-29)44(25-31-27-51-38(39)40-31)35(47)15-14-34(46)43(24-30-12-8-5-9-13-30)26-36(48)41(3)16-17-42-18-20-50-21-19-42/h27-30,32-33,37,45,49H,4-26H2,1-3H3,(H2,39,40)/t32-,33-,37+/m0/s1. The number of carbonyl (C=O) groups is 3. The first-order valence-electron chi connectivity index (χ1n) is 19.7. The number of thiazole rings is 1. The largest absolute Gasteiger partial charge is 0.390 e. The van der Waals surface area contributed by atoms with Gasteiger partial charge >= 0.3 is 0 Å².